The van der Waals surface area contributed by atoms with Crippen molar-refractivity contribution in [2.24, 2.45) is 22.6 Å². The van der Waals surface area contributed by atoms with Gasteiger partial charge in [-0.25, -0.2) is 9.38 Å². The van der Waals surface area contributed by atoms with Gasteiger partial charge < -0.3 is 11.1 Å². The molecule has 1 heterocycles. The van der Waals surface area contributed by atoms with Crippen LogP contribution in [0.3, 0.4) is 0 Å². The number of rotatable bonds is 6. The molecule has 1 saturated carbocycles. The Morgan fingerprint density at radius 1 is 1.29 bits per heavy atom. The van der Waals surface area contributed by atoms with E-state index in [9.17, 15) is 14.0 Å². The van der Waals surface area contributed by atoms with Gasteiger partial charge in [0.05, 0.1) is 24.0 Å². The molecule has 0 radical (unpaired) electrons. The quantitative estimate of drug-likeness (QED) is 0.748. The van der Waals surface area contributed by atoms with Gasteiger partial charge in [0.1, 0.15) is 5.82 Å². The van der Waals surface area contributed by atoms with Crippen LogP contribution >= 0.6 is 0 Å². The molecule has 1 fully saturated rings. The van der Waals surface area contributed by atoms with Crippen molar-refractivity contribution in [3.63, 3.8) is 0 Å². The van der Waals surface area contributed by atoms with Crippen LogP contribution in [0.1, 0.15) is 54.7 Å². The van der Waals surface area contributed by atoms with Crippen molar-refractivity contribution in [3.05, 3.63) is 71.0 Å². The number of carbonyl (C=O) groups excluding carboxylic acids is 2. The minimum atomic E-state index is -0.544. The van der Waals surface area contributed by atoms with Gasteiger partial charge in [-0.05, 0) is 49.1 Å². The zero-order valence-corrected chi connectivity index (χ0v) is 17.9. The number of carbonyl (C=O) groups is 2. The summed E-state index contributed by atoms with van der Waals surface area (Å²) in [5.41, 5.74) is 7.30. The van der Waals surface area contributed by atoms with Crippen LogP contribution in [0.25, 0.3) is 0 Å². The number of hydrogen-bond donors (Lipinski definition) is 2. The van der Waals surface area contributed by atoms with Crippen molar-refractivity contribution in [1.82, 2.24) is 10.2 Å². The number of nitrogens with one attached hydrogen (secondary N) is 1. The van der Waals surface area contributed by atoms with E-state index in [2.05, 4.69) is 10.3 Å². The minimum Gasteiger partial charge on any atom is -0.369 e. The van der Waals surface area contributed by atoms with Crippen LogP contribution in [-0.4, -0.2) is 28.2 Å². The fourth-order valence-corrected chi connectivity index (χ4v) is 4.72. The smallest absolute Gasteiger partial charge is 0.251 e. The van der Waals surface area contributed by atoms with Gasteiger partial charge in [-0.2, -0.15) is 0 Å². The van der Waals surface area contributed by atoms with Crippen LogP contribution in [0, 0.1) is 17.7 Å². The van der Waals surface area contributed by atoms with Crippen LogP contribution in [0.2, 0.25) is 0 Å². The molecular weight excluding hydrogens is 395 g/mol. The van der Waals surface area contributed by atoms with E-state index >= 15 is 0 Å². The standard InChI is InChI=1S/C24H27FN4O2/c1-4-19-20-22(31)29(23(26)28-24(19,20)3)13-15-10-17(12-18(25)11-15)21(30)27-14(2)16-8-6-5-7-9-16/h5-12,14,19-20H,4,13H2,1-3H3,(H2,26,28)(H,27,30). The number of amides is 2. The molecule has 162 valence electrons. The lowest BCUT2D eigenvalue weighted by atomic mass is 10.1. The molecule has 6 nitrogen and oxygen atoms in total. The number of aliphatic imine (C=N–C) groups is 1. The van der Waals surface area contributed by atoms with Crippen molar-refractivity contribution >= 4 is 17.8 Å². The number of nitrogens with zero attached hydrogens (tertiary/aromatic N) is 2. The summed E-state index contributed by atoms with van der Waals surface area (Å²) in [7, 11) is 0. The van der Waals surface area contributed by atoms with Gasteiger partial charge in [0.2, 0.25) is 5.91 Å². The predicted molar refractivity (Wildman–Crippen MR) is 117 cm³/mol. The highest BCUT2D eigenvalue weighted by molar-refractivity contribution is 6.02. The third-order valence-electron chi connectivity index (χ3n) is 6.49. The molecule has 3 N–H and O–H groups in total. The maximum absolute atomic E-state index is 14.3. The largest absolute Gasteiger partial charge is 0.369 e. The summed E-state index contributed by atoms with van der Waals surface area (Å²) >= 11 is 0. The van der Waals surface area contributed by atoms with Gasteiger partial charge in [-0.1, -0.05) is 43.7 Å². The molecule has 1 aliphatic carbocycles. The van der Waals surface area contributed by atoms with E-state index in [1.54, 1.807) is 6.07 Å². The third-order valence-corrected chi connectivity index (χ3v) is 6.49. The second kappa shape index (κ2) is 7.80. The molecule has 4 rings (SSSR count). The Morgan fingerprint density at radius 3 is 2.68 bits per heavy atom. The van der Waals surface area contributed by atoms with E-state index in [4.69, 9.17) is 5.73 Å². The zero-order valence-electron chi connectivity index (χ0n) is 17.9. The minimum absolute atomic E-state index is 0.0729. The second-order valence-corrected chi connectivity index (χ2v) is 8.57. The molecule has 2 aromatic carbocycles. The lowest BCUT2D eigenvalue weighted by Crippen LogP contribution is -2.47. The first-order valence-corrected chi connectivity index (χ1v) is 10.6. The molecule has 31 heavy (non-hydrogen) atoms. The molecule has 1 aliphatic heterocycles. The van der Waals surface area contributed by atoms with Crippen LogP contribution in [-0.2, 0) is 11.3 Å². The SMILES string of the molecule is CCC1C2C(=O)N(Cc3cc(F)cc(C(=O)NC(C)c4ccccc4)c3)C(N)=NC12C. The van der Waals surface area contributed by atoms with E-state index in [0.29, 0.717) is 5.56 Å². The van der Waals surface area contributed by atoms with Crippen LogP contribution < -0.4 is 11.1 Å². The fraction of sp³-hybridized carbons (Fsp3) is 0.375. The monoisotopic (exact) mass is 422 g/mol. The first-order chi connectivity index (χ1) is 14.7. The maximum Gasteiger partial charge on any atom is 0.251 e. The molecule has 7 heteroatoms. The van der Waals surface area contributed by atoms with Gasteiger partial charge >= 0.3 is 0 Å². The molecule has 2 aromatic rings. The number of benzene rings is 2. The number of nitrogens with two attached hydrogens (primary N) is 1. The maximum atomic E-state index is 14.3. The molecule has 0 aromatic heterocycles. The summed E-state index contributed by atoms with van der Waals surface area (Å²) in [6, 6.07) is 13.4. The lowest BCUT2D eigenvalue weighted by molar-refractivity contribution is -0.130. The molecule has 4 atom stereocenters. The number of hydrogen-bond acceptors (Lipinski definition) is 4. The topological polar surface area (TPSA) is 87.8 Å². The molecule has 2 amide bonds. The Morgan fingerprint density at radius 2 is 2.00 bits per heavy atom. The normalized spacial score (nSPS) is 25.5. The number of halogens is 1. The van der Waals surface area contributed by atoms with E-state index in [0.717, 1.165) is 12.0 Å². The summed E-state index contributed by atoms with van der Waals surface area (Å²) in [6.07, 6.45) is 0.849. The first kappa shape index (κ1) is 21.0. The van der Waals surface area contributed by atoms with Gasteiger partial charge in [0.15, 0.2) is 5.96 Å². The zero-order chi connectivity index (χ0) is 22.3. The number of guanidine groups is 1. The lowest BCUT2D eigenvalue weighted by Gasteiger charge is -2.27. The average molecular weight is 423 g/mol. The number of fused-ring (bicyclic) bond motifs is 1. The van der Waals surface area contributed by atoms with Crippen molar-refractivity contribution < 1.29 is 14.0 Å². The highest BCUT2D eigenvalue weighted by Gasteiger charge is 2.67. The van der Waals surface area contributed by atoms with Gasteiger partial charge in [-0.3, -0.25) is 14.5 Å². The van der Waals surface area contributed by atoms with Gasteiger partial charge in [-0.15, -0.1) is 0 Å². The Hall–Kier alpha value is -3.22. The Kier molecular flexibility index (Phi) is 5.29. The molecule has 0 bridgehead atoms. The van der Waals surface area contributed by atoms with Crippen LogP contribution in [0.15, 0.2) is 53.5 Å². The Balaban J connectivity index is 1.51. The highest BCUT2D eigenvalue weighted by Crippen LogP contribution is 2.57. The second-order valence-electron chi connectivity index (χ2n) is 8.57. The summed E-state index contributed by atoms with van der Waals surface area (Å²) in [5, 5.41) is 2.89. The van der Waals surface area contributed by atoms with E-state index in [1.165, 1.54) is 17.0 Å². The van der Waals surface area contributed by atoms with E-state index < -0.39 is 11.4 Å². The van der Waals surface area contributed by atoms with Crippen molar-refractivity contribution in [3.8, 4) is 0 Å². The summed E-state index contributed by atoms with van der Waals surface area (Å²) in [5.74, 6) is -0.880. The predicted octanol–water partition coefficient (Wildman–Crippen LogP) is 3.39. The first-order valence-electron chi connectivity index (χ1n) is 10.6. The van der Waals surface area contributed by atoms with Crippen molar-refractivity contribution in [2.45, 2.75) is 45.3 Å². The highest BCUT2D eigenvalue weighted by atomic mass is 19.1. The third kappa shape index (κ3) is 3.80. The Labute approximate surface area is 181 Å². The van der Waals surface area contributed by atoms with E-state index in [-0.39, 0.29) is 47.8 Å². The summed E-state index contributed by atoms with van der Waals surface area (Å²) < 4.78 is 14.3. The van der Waals surface area contributed by atoms with Crippen LogP contribution in [0.5, 0.6) is 0 Å². The summed E-state index contributed by atoms with van der Waals surface area (Å²) in [6.45, 7) is 5.93. The van der Waals surface area contributed by atoms with Crippen molar-refractivity contribution in [1.29, 1.82) is 0 Å². The molecule has 0 saturated heterocycles. The molecule has 4 unspecified atom stereocenters. The average Bonchev–Trinajstić information content (AvgIpc) is 3.35. The van der Waals surface area contributed by atoms with E-state index in [1.807, 2.05) is 51.1 Å². The molecule has 2 aliphatic rings. The summed E-state index contributed by atoms with van der Waals surface area (Å²) in [4.78, 5) is 31.6. The molecule has 0 spiro atoms. The van der Waals surface area contributed by atoms with Crippen LogP contribution in [0.4, 0.5) is 4.39 Å². The Bertz CT molecular complexity index is 1050. The van der Waals surface area contributed by atoms with Gasteiger partial charge in [0, 0.05) is 5.56 Å². The fourth-order valence-electron chi connectivity index (χ4n) is 4.72. The van der Waals surface area contributed by atoms with Gasteiger partial charge in [0.25, 0.3) is 5.91 Å². The van der Waals surface area contributed by atoms with Crippen molar-refractivity contribution in [2.75, 3.05) is 0 Å². The molecular formula is C24H27FN4O2.